The highest BCUT2D eigenvalue weighted by Crippen LogP contribution is 2.41. The zero-order valence-corrected chi connectivity index (χ0v) is 15.9. The fraction of sp³-hybridized carbons (Fsp3) is 0.632. The van der Waals surface area contributed by atoms with Crippen LogP contribution in [-0.4, -0.2) is 23.2 Å². The van der Waals surface area contributed by atoms with Crippen molar-refractivity contribution in [3.63, 3.8) is 0 Å². The second-order valence-electron chi connectivity index (χ2n) is 7.30. The van der Waals surface area contributed by atoms with Crippen LogP contribution in [0.15, 0.2) is 28.7 Å². The van der Waals surface area contributed by atoms with Gasteiger partial charge in [0.2, 0.25) is 0 Å². The van der Waals surface area contributed by atoms with E-state index in [1.54, 1.807) is 0 Å². The van der Waals surface area contributed by atoms with E-state index < -0.39 is 5.60 Å². The number of carbonyl (C=O) groups is 1. The first kappa shape index (κ1) is 18.5. The molecule has 0 aliphatic heterocycles. The van der Waals surface area contributed by atoms with E-state index in [2.05, 4.69) is 48.1 Å². The Hall–Kier alpha value is -0.870. The Morgan fingerprint density at radius 2 is 2.17 bits per heavy atom. The van der Waals surface area contributed by atoms with Crippen molar-refractivity contribution in [3.8, 4) is 0 Å². The maximum Gasteiger partial charge on any atom is 0.252 e. The van der Waals surface area contributed by atoms with Gasteiger partial charge in [-0.05, 0) is 54.7 Å². The Labute approximate surface area is 148 Å². The molecule has 0 heterocycles. The number of carbonyl (C=O) groups excluding carboxylic acids is 1. The summed E-state index contributed by atoms with van der Waals surface area (Å²) in [6.45, 7) is 6.87. The fourth-order valence-electron chi connectivity index (χ4n) is 3.80. The van der Waals surface area contributed by atoms with Gasteiger partial charge < -0.3 is 10.4 Å². The third-order valence-electron chi connectivity index (χ3n) is 5.03. The van der Waals surface area contributed by atoms with Crippen molar-refractivity contribution in [3.05, 3.63) is 34.3 Å². The SMILES string of the molecule is CC(C)[C@@H]1CC[C@@H](C)C[C@@]1(O)C(=O)NCCc1cccc(Br)c1. The van der Waals surface area contributed by atoms with Gasteiger partial charge in [0.25, 0.3) is 5.91 Å². The minimum Gasteiger partial charge on any atom is -0.380 e. The van der Waals surface area contributed by atoms with Gasteiger partial charge in [0.1, 0.15) is 5.60 Å². The molecule has 2 N–H and O–H groups in total. The van der Waals surface area contributed by atoms with Gasteiger partial charge in [-0.25, -0.2) is 0 Å². The second kappa shape index (κ2) is 7.80. The molecule has 1 amide bonds. The first-order valence-electron chi connectivity index (χ1n) is 8.58. The number of halogens is 1. The molecule has 1 aromatic carbocycles. The third-order valence-corrected chi connectivity index (χ3v) is 5.52. The van der Waals surface area contributed by atoms with Crippen molar-refractivity contribution in [2.45, 2.75) is 52.1 Å². The Balaban J connectivity index is 1.97. The van der Waals surface area contributed by atoms with Crippen LogP contribution < -0.4 is 5.32 Å². The summed E-state index contributed by atoms with van der Waals surface area (Å²) in [5.74, 6) is 0.552. The highest BCUT2D eigenvalue weighted by Gasteiger charge is 2.48. The summed E-state index contributed by atoms with van der Waals surface area (Å²) in [6, 6.07) is 8.08. The maximum absolute atomic E-state index is 12.7. The first-order valence-corrected chi connectivity index (χ1v) is 9.37. The first-order chi connectivity index (χ1) is 10.8. The molecule has 1 fully saturated rings. The van der Waals surface area contributed by atoms with Gasteiger partial charge in [-0.1, -0.05) is 55.3 Å². The van der Waals surface area contributed by atoms with Gasteiger partial charge in [0.15, 0.2) is 0 Å². The van der Waals surface area contributed by atoms with Crippen molar-refractivity contribution in [2.75, 3.05) is 6.54 Å². The van der Waals surface area contributed by atoms with E-state index in [-0.39, 0.29) is 11.8 Å². The summed E-state index contributed by atoms with van der Waals surface area (Å²) in [6.07, 6.45) is 3.35. The predicted octanol–water partition coefficient (Wildman–Crippen LogP) is 3.93. The van der Waals surface area contributed by atoms with Gasteiger partial charge in [-0.3, -0.25) is 4.79 Å². The van der Waals surface area contributed by atoms with E-state index in [9.17, 15) is 9.90 Å². The number of benzene rings is 1. The lowest BCUT2D eigenvalue weighted by atomic mass is 9.66. The van der Waals surface area contributed by atoms with Gasteiger partial charge in [-0.2, -0.15) is 0 Å². The van der Waals surface area contributed by atoms with Crippen LogP contribution in [0.3, 0.4) is 0 Å². The van der Waals surface area contributed by atoms with Crippen molar-refractivity contribution < 1.29 is 9.90 Å². The van der Waals surface area contributed by atoms with E-state index in [0.29, 0.717) is 24.8 Å². The lowest BCUT2D eigenvalue weighted by Gasteiger charge is -2.43. The summed E-state index contributed by atoms with van der Waals surface area (Å²) in [7, 11) is 0. The van der Waals surface area contributed by atoms with Gasteiger partial charge >= 0.3 is 0 Å². The number of aliphatic hydroxyl groups is 1. The molecule has 1 aliphatic carbocycles. The lowest BCUT2D eigenvalue weighted by molar-refractivity contribution is -0.155. The van der Waals surface area contributed by atoms with Crippen molar-refractivity contribution in [2.24, 2.45) is 17.8 Å². The molecule has 2 rings (SSSR count). The molecule has 23 heavy (non-hydrogen) atoms. The van der Waals surface area contributed by atoms with Crippen LogP contribution in [0.5, 0.6) is 0 Å². The molecular formula is C19H28BrNO2. The smallest absolute Gasteiger partial charge is 0.252 e. The van der Waals surface area contributed by atoms with Crippen LogP contribution in [0.25, 0.3) is 0 Å². The van der Waals surface area contributed by atoms with Crippen molar-refractivity contribution >= 4 is 21.8 Å². The van der Waals surface area contributed by atoms with E-state index in [1.165, 1.54) is 5.56 Å². The second-order valence-corrected chi connectivity index (χ2v) is 8.21. The molecule has 1 aromatic rings. The molecule has 1 saturated carbocycles. The summed E-state index contributed by atoms with van der Waals surface area (Å²) in [5, 5.41) is 14.0. The molecule has 0 unspecified atom stereocenters. The molecule has 3 atom stereocenters. The average molecular weight is 382 g/mol. The van der Waals surface area contributed by atoms with E-state index in [0.717, 1.165) is 23.7 Å². The van der Waals surface area contributed by atoms with Gasteiger partial charge in [0.05, 0.1) is 0 Å². The zero-order chi connectivity index (χ0) is 17.0. The third kappa shape index (κ3) is 4.57. The summed E-state index contributed by atoms with van der Waals surface area (Å²) in [5.41, 5.74) is -0.0487. The molecule has 4 heteroatoms. The molecule has 0 spiro atoms. The van der Waals surface area contributed by atoms with Crippen LogP contribution in [-0.2, 0) is 11.2 Å². The van der Waals surface area contributed by atoms with Gasteiger partial charge in [0, 0.05) is 11.0 Å². The topological polar surface area (TPSA) is 49.3 Å². The van der Waals surface area contributed by atoms with Gasteiger partial charge in [-0.15, -0.1) is 0 Å². The average Bonchev–Trinajstić information content (AvgIpc) is 2.46. The normalized spacial score (nSPS) is 27.9. The molecule has 0 bridgehead atoms. The Kier molecular flexibility index (Phi) is 6.26. The Morgan fingerprint density at radius 1 is 1.43 bits per heavy atom. The van der Waals surface area contributed by atoms with Crippen LogP contribution >= 0.6 is 15.9 Å². The molecule has 1 aliphatic rings. The number of amides is 1. The number of rotatable bonds is 5. The van der Waals surface area contributed by atoms with Crippen LogP contribution in [0.4, 0.5) is 0 Å². The van der Waals surface area contributed by atoms with Crippen molar-refractivity contribution in [1.82, 2.24) is 5.32 Å². The van der Waals surface area contributed by atoms with E-state index in [4.69, 9.17) is 0 Å². The molecule has 0 aromatic heterocycles. The Bertz CT molecular complexity index is 546. The predicted molar refractivity (Wildman–Crippen MR) is 97.1 cm³/mol. The summed E-state index contributed by atoms with van der Waals surface area (Å²) >= 11 is 3.46. The van der Waals surface area contributed by atoms with Crippen molar-refractivity contribution in [1.29, 1.82) is 0 Å². The Morgan fingerprint density at radius 3 is 2.83 bits per heavy atom. The number of hydrogen-bond acceptors (Lipinski definition) is 2. The molecule has 128 valence electrons. The quantitative estimate of drug-likeness (QED) is 0.811. The van der Waals surface area contributed by atoms with Crippen LogP contribution in [0.1, 0.15) is 45.6 Å². The minimum atomic E-state index is -1.22. The largest absolute Gasteiger partial charge is 0.380 e. The van der Waals surface area contributed by atoms with E-state index in [1.807, 2.05) is 18.2 Å². The molecule has 0 saturated heterocycles. The minimum absolute atomic E-state index is 0.0459. The lowest BCUT2D eigenvalue weighted by Crippen LogP contribution is -2.56. The summed E-state index contributed by atoms with van der Waals surface area (Å²) < 4.78 is 1.04. The zero-order valence-electron chi connectivity index (χ0n) is 14.3. The van der Waals surface area contributed by atoms with Crippen LogP contribution in [0, 0.1) is 17.8 Å². The monoisotopic (exact) mass is 381 g/mol. The number of nitrogens with one attached hydrogen (secondary N) is 1. The maximum atomic E-state index is 12.7. The van der Waals surface area contributed by atoms with E-state index >= 15 is 0 Å². The fourth-order valence-corrected chi connectivity index (χ4v) is 4.25. The molecule has 0 radical (unpaired) electrons. The molecule has 3 nitrogen and oxygen atoms in total. The summed E-state index contributed by atoms with van der Waals surface area (Å²) in [4.78, 5) is 12.7. The van der Waals surface area contributed by atoms with Crippen LogP contribution in [0.2, 0.25) is 0 Å². The molecular weight excluding hydrogens is 354 g/mol. The standard InChI is InChI=1S/C19H28BrNO2/c1-13(2)17-8-7-14(3)12-19(17,23)18(22)21-10-9-15-5-4-6-16(20)11-15/h4-6,11,13-14,17,23H,7-10,12H2,1-3H3,(H,21,22)/t14-,17+,19+/m1/s1. The highest BCUT2D eigenvalue weighted by atomic mass is 79.9. The number of hydrogen-bond donors (Lipinski definition) is 2. The highest BCUT2D eigenvalue weighted by molar-refractivity contribution is 9.10.